The van der Waals surface area contributed by atoms with Crippen LogP contribution in [0.4, 0.5) is 0 Å². The fourth-order valence-electron chi connectivity index (χ4n) is 2.91. The van der Waals surface area contributed by atoms with Crippen molar-refractivity contribution in [1.29, 1.82) is 0 Å². The lowest BCUT2D eigenvalue weighted by Gasteiger charge is -2.23. The Balaban J connectivity index is 2.00. The first kappa shape index (κ1) is 17.0. The summed E-state index contributed by atoms with van der Waals surface area (Å²) in [4.78, 5) is 26.5. The number of aromatic nitrogens is 2. The molecule has 1 aliphatic rings. The summed E-state index contributed by atoms with van der Waals surface area (Å²) in [6.45, 7) is 3.69. The SMILES string of the molecule is CCc1ccc(-n2c(O)c(/C=N/N3CCCCC3)c(=O)[nH]c2=O)cc1. The van der Waals surface area contributed by atoms with E-state index in [4.69, 9.17) is 0 Å². The van der Waals surface area contributed by atoms with Crippen LogP contribution in [0.15, 0.2) is 39.0 Å². The van der Waals surface area contributed by atoms with Crippen LogP contribution in [0, 0.1) is 0 Å². The van der Waals surface area contributed by atoms with Crippen LogP contribution in [-0.4, -0.2) is 39.0 Å². The maximum absolute atomic E-state index is 12.2. The van der Waals surface area contributed by atoms with Gasteiger partial charge in [-0.3, -0.25) is 14.8 Å². The number of benzene rings is 1. The van der Waals surface area contributed by atoms with Crippen molar-refractivity contribution in [2.45, 2.75) is 32.6 Å². The van der Waals surface area contributed by atoms with E-state index in [2.05, 4.69) is 10.1 Å². The molecule has 0 amide bonds. The topological polar surface area (TPSA) is 90.7 Å². The standard InChI is InChI=1S/C18H22N4O3/c1-2-13-6-8-14(9-7-13)22-17(24)15(16(23)20-18(22)25)12-19-21-10-4-3-5-11-21/h6-9,12,24H,2-5,10-11H2,1H3,(H,20,23,25)/b19-12+. The van der Waals surface area contributed by atoms with Crippen LogP contribution in [0.1, 0.15) is 37.3 Å². The number of aromatic amines is 1. The van der Waals surface area contributed by atoms with Gasteiger partial charge in [-0.25, -0.2) is 9.36 Å². The number of nitrogens with zero attached hydrogens (tertiary/aromatic N) is 3. The van der Waals surface area contributed by atoms with Crippen LogP contribution >= 0.6 is 0 Å². The lowest BCUT2D eigenvalue weighted by Crippen LogP contribution is -2.32. The zero-order chi connectivity index (χ0) is 17.8. The Hall–Kier alpha value is -2.83. The predicted octanol–water partition coefficient (Wildman–Crippen LogP) is 1.61. The largest absolute Gasteiger partial charge is 0.493 e. The van der Waals surface area contributed by atoms with Gasteiger partial charge in [-0.05, 0) is 43.4 Å². The summed E-state index contributed by atoms with van der Waals surface area (Å²) in [5.74, 6) is -0.404. The van der Waals surface area contributed by atoms with E-state index in [-0.39, 0.29) is 5.56 Å². The molecule has 3 rings (SSSR count). The number of aromatic hydroxyl groups is 1. The molecule has 1 aromatic carbocycles. The Kier molecular flexibility index (Phi) is 5.02. The molecule has 0 spiro atoms. The molecule has 1 saturated heterocycles. The van der Waals surface area contributed by atoms with Gasteiger partial charge in [0.15, 0.2) is 0 Å². The Morgan fingerprint density at radius 3 is 2.48 bits per heavy atom. The van der Waals surface area contributed by atoms with Gasteiger partial charge in [-0.1, -0.05) is 19.1 Å². The van der Waals surface area contributed by atoms with Crippen molar-refractivity contribution in [2.75, 3.05) is 13.1 Å². The third kappa shape index (κ3) is 3.65. The van der Waals surface area contributed by atoms with Crippen molar-refractivity contribution < 1.29 is 5.11 Å². The highest BCUT2D eigenvalue weighted by Crippen LogP contribution is 2.16. The summed E-state index contributed by atoms with van der Waals surface area (Å²) in [5.41, 5.74) is 0.257. The molecule has 2 heterocycles. The third-order valence-corrected chi connectivity index (χ3v) is 4.41. The summed E-state index contributed by atoms with van der Waals surface area (Å²) in [6, 6.07) is 7.25. The monoisotopic (exact) mass is 342 g/mol. The van der Waals surface area contributed by atoms with Gasteiger partial charge in [-0.15, -0.1) is 0 Å². The molecule has 0 aliphatic carbocycles. The zero-order valence-electron chi connectivity index (χ0n) is 14.2. The van der Waals surface area contributed by atoms with Crippen LogP contribution in [0.3, 0.4) is 0 Å². The van der Waals surface area contributed by atoms with E-state index < -0.39 is 17.1 Å². The molecule has 0 unspecified atom stereocenters. The molecule has 25 heavy (non-hydrogen) atoms. The lowest BCUT2D eigenvalue weighted by atomic mass is 10.1. The van der Waals surface area contributed by atoms with E-state index >= 15 is 0 Å². The quantitative estimate of drug-likeness (QED) is 0.826. The van der Waals surface area contributed by atoms with Crippen molar-refractivity contribution in [2.24, 2.45) is 5.10 Å². The van der Waals surface area contributed by atoms with E-state index in [1.165, 1.54) is 12.6 Å². The van der Waals surface area contributed by atoms with E-state index in [0.717, 1.165) is 42.5 Å². The average molecular weight is 342 g/mol. The van der Waals surface area contributed by atoms with Crippen LogP contribution in [0.25, 0.3) is 5.69 Å². The molecule has 2 aromatic rings. The second kappa shape index (κ2) is 7.38. The number of nitrogens with one attached hydrogen (secondary N) is 1. The molecular weight excluding hydrogens is 320 g/mol. The second-order valence-corrected chi connectivity index (χ2v) is 6.11. The third-order valence-electron chi connectivity index (χ3n) is 4.41. The van der Waals surface area contributed by atoms with E-state index in [1.54, 1.807) is 12.1 Å². The summed E-state index contributed by atoms with van der Waals surface area (Å²) in [5, 5.41) is 16.6. The molecule has 1 fully saturated rings. The minimum atomic E-state index is -0.679. The normalized spacial score (nSPS) is 15.0. The number of hydrogen-bond acceptors (Lipinski definition) is 5. The number of piperidine rings is 1. The summed E-state index contributed by atoms with van der Waals surface area (Å²) < 4.78 is 1.08. The van der Waals surface area contributed by atoms with Gasteiger partial charge in [0.2, 0.25) is 5.88 Å². The van der Waals surface area contributed by atoms with Crippen LogP contribution in [0.5, 0.6) is 5.88 Å². The fourth-order valence-corrected chi connectivity index (χ4v) is 2.91. The molecule has 0 saturated carbocycles. The number of rotatable bonds is 4. The lowest BCUT2D eigenvalue weighted by molar-refractivity contribution is 0.240. The van der Waals surface area contributed by atoms with E-state index in [9.17, 15) is 14.7 Å². The molecule has 0 atom stereocenters. The molecule has 1 aliphatic heterocycles. The van der Waals surface area contributed by atoms with Crippen LogP contribution < -0.4 is 11.2 Å². The van der Waals surface area contributed by atoms with Gasteiger partial charge in [0.1, 0.15) is 5.56 Å². The van der Waals surface area contributed by atoms with Gasteiger partial charge in [0.25, 0.3) is 5.56 Å². The molecule has 1 aromatic heterocycles. The molecule has 7 nitrogen and oxygen atoms in total. The van der Waals surface area contributed by atoms with E-state index in [1.807, 2.05) is 24.1 Å². The second-order valence-electron chi connectivity index (χ2n) is 6.11. The minimum Gasteiger partial charge on any atom is -0.493 e. The van der Waals surface area contributed by atoms with E-state index in [0.29, 0.717) is 5.69 Å². The highest BCUT2D eigenvalue weighted by Gasteiger charge is 2.15. The van der Waals surface area contributed by atoms with Crippen LogP contribution in [0.2, 0.25) is 0 Å². The Bertz CT molecular complexity index is 875. The van der Waals surface area contributed by atoms with Crippen molar-refractivity contribution in [3.05, 3.63) is 56.2 Å². The zero-order valence-corrected chi connectivity index (χ0v) is 14.2. The van der Waals surface area contributed by atoms with Crippen molar-refractivity contribution in [3.63, 3.8) is 0 Å². The molecular formula is C18H22N4O3. The van der Waals surface area contributed by atoms with Crippen molar-refractivity contribution in [1.82, 2.24) is 14.6 Å². The highest BCUT2D eigenvalue weighted by atomic mass is 16.3. The first-order valence-corrected chi connectivity index (χ1v) is 8.56. The Morgan fingerprint density at radius 2 is 1.84 bits per heavy atom. The average Bonchev–Trinajstić information content (AvgIpc) is 2.62. The smallest absolute Gasteiger partial charge is 0.335 e. The molecule has 0 radical (unpaired) electrons. The van der Waals surface area contributed by atoms with Crippen molar-refractivity contribution >= 4 is 6.21 Å². The number of aryl methyl sites for hydroxylation is 1. The maximum atomic E-state index is 12.2. The molecule has 7 heteroatoms. The minimum absolute atomic E-state index is 0.0234. The Morgan fingerprint density at radius 1 is 1.16 bits per heavy atom. The molecule has 0 bridgehead atoms. The highest BCUT2D eigenvalue weighted by molar-refractivity contribution is 5.82. The first-order chi connectivity index (χ1) is 12.1. The van der Waals surface area contributed by atoms with Crippen LogP contribution in [-0.2, 0) is 6.42 Å². The van der Waals surface area contributed by atoms with Gasteiger partial charge in [-0.2, -0.15) is 5.10 Å². The van der Waals surface area contributed by atoms with Gasteiger partial charge < -0.3 is 5.11 Å². The predicted molar refractivity (Wildman–Crippen MR) is 96.7 cm³/mol. The van der Waals surface area contributed by atoms with Gasteiger partial charge >= 0.3 is 5.69 Å². The Labute approximate surface area is 145 Å². The summed E-state index contributed by atoms with van der Waals surface area (Å²) in [7, 11) is 0. The number of hydrogen-bond donors (Lipinski definition) is 2. The molecule has 132 valence electrons. The van der Waals surface area contributed by atoms with Crippen molar-refractivity contribution in [3.8, 4) is 11.6 Å². The van der Waals surface area contributed by atoms with Gasteiger partial charge in [0.05, 0.1) is 11.9 Å². The first-order valence-electron chi connectivity index (χ1n) is 8.56. The fraction of sp³-hybridized carbons (Fsp3) is 0.389. The molecule has 2 N–H and O–H groups in total. The summed E-state index contributed by atoms with van der Waals surface area (Å²) in [6.07, 6.45) is 5.50. The maximum Gasteiger partial charge on any atom is 0.335 e. The number of hydrazone groups is 1. The van der Waals surface area contributed by atoms with Gasteiger partial charge in [0, 0.05) is 13.1 Å². The summed E-state index contributed by atoms with van der Waals surface area (Å²) >= 11 is 0. The number of H-pyrrole nitrogens is 1.